The van der Waals surface area contributed by atoms with Gasteiger partial charge in [-0.15, -0.1) is 25.6 Å². The Balaban J connectivity index is 0. The molecule has 0 amide bonds. The number of allylic oxidation sites excluding steroid dienone is 2. The highest BCUT2D eigenvalue weighted by Crippen LogP contribution is 2.07. The zero-order valence-corrected chi connectivity index (χ0v) is 8.70. The van der Waals surface area contributed by atoms with Crippen LogP contribution >= 0.6 is 12.4 Å². The highest BCUT2D eigenvalue weighted by Gasteiger charge is 2.02. The van der Waals surface area contributed by atoms with E-state index in [1.54, 1.807) is 0 Å². The average molecular weight is 190 g/mol. The predicted octanol–water partition coefficient (Wildman–Crippen LogP) is 2.79. The molecule has 0 aliphatic rings. The van der Waals surface area contributed by atoms with Crippen LogP contribution in [0.1, 0.15) is 19.8 Å². The molecule has 0 aliphatic carbocycles. The molecule has 0 radical (unpaired) electrons. The van der Waals surface area contributed by atoms with E-state index in [-0.39, 0.29) is 12.4 Å². The summed E-state index contributed by atoms with van der Waals surface area (Å²) < 4.78 is 0. The summed E-state index contributed by atoms with van der Waals surface area (Å²) in [4.78, 5) is 0. The van der Waals surface area contributed by atoms with Gasteiger partial charge in [-0.05, 0) is 31.8 Å². The van der Waals surface area contributed by atoms with Crippen LogP contribution < -0.4 is 5.32 Å². The minimum absolute atomic E-state index is 0. The first kappa shape index (κ1) is 14.3. The summed E-state index contributed by atoms with van der Waals surface area (Å²) in [5.74, 6) is 0.685. The molecule has 0 aromatic rings. The molecule has 0 fully saturated rings. The van der Waals surface area contributed by atoms with Crippen LogP contribution in [0.15, 0.2) is 25.3 Å². The average Bonchev–Trinajstić information content (AvgIpc) is 2.01. The van der Waals surface area contributed by atoms with Crippen molar-refractivity contribution in [1.82, 2.24) is 5.32 Å². The monoisotopic (exact) mass is 189 g/mol. The van der Waals surface area contributed by atoms with Crippen LogP contribution in [-0.2, 0) is 0 Å². The molecule has 2 heteroatoms. The minimum Gasteiger partial charge on any atom is -0.317 e. The molecule has 12 heavy (non-hydrogen) atoms. The van der Waals surface area contributed by atoms with E-state index in [9.17, 15) is 0 Å². The highest BCUT2D eigenvalue weighted by molar-refractivity contribution is 5.85. The van der Waals surface area contributed by atoms with Gasteiger partial charge in [0.2, 0.25) is 0 Å². The van der Waals surface area contributed by atoms with Crippen molar-refractivity contribution in [3.63, 3.8) is 0 Å². The lowest BCUT2D eigenvalue weighted by Gasteiger charge is -2.12. The van der Waals surface area contributed by atoms with Crippen LogP contribution in [0.5, 0.6) is 0 Å². The highest BCUT2D eigenvalue weighted by atomic mass is 35.5. The van der Waals surface area contributed by atoms with Gasteiger partial charge in [0.05, 0.1) is 0 Å². The Hall–Kier alpha value is -0.270. The van der Waals surface area contributed by atoms with Gasteiger partial charge in [-0.25, -0.2) is 0 Å². The van der Waals surface area contributed by atoms with E-state index in [1.807, 2.05) is 12.2 Å². The maximum atomic E-state index is 3.73. The van der Waals surface area contributed by atoms with Crippen molar-refractivity contribution in [2.45, 2.75) is 19.8 Å². The van der Waals surface area contributed by atoms with Gasteiger partial charge in [0, 0.05) is 0 Å². The van der Waals surface area contributed by atoms with E-state index in [1.165, 1.54) is 0 Å². The Morgan fingerprint density at radius 2 is 1.75 bits per heavy atom. The van der Waals surface area contributed by atoms with Gasteiger partial charge in [0.25, 0.3) is 0 Å². The molecule has 0 rings (SSSR count). The zero-order valence-electron chi connectivity index (χ0n) is 7.88. The van der Waals surface area contributed by atoms with Gasteiger partial charge in [0.15, 0.2) is 0 Å². The molecule has 0 atom stereocenters. The van der Waals surface area contributed by atoms with E-state index in [2.05, 4.69) is 25.4 Å². The Morgan fingerprint density at radius 3 is 2.08 bits per heavy atom. The van der Waals surface area contributed by atoms with Gasteiger partial charge in [-0.3, -0.25) is 0 Å². The predicted molar refractivity (Wildman–Crippen MR) is 58.9 cm³/mol. The summed E-state index contributed by atoms with van der Waals surface area (Å²) in [6.07, 6.45) is 6.12. The fourth-order valence-electron chi connectivity index (χ4n) is 1.08. The maximum absolute atomic E-state index is 3.73. The van der Waals surface area contributed by atoms with Crippen LogP contribution in [0.4, 0.5) is 0 Å². The number of rotatable bonds is 7. The second-order valence-corrected chi connectivity index (χ2v) is 2.72. The van der Waals surface area contributed by atoms with E-state index in [0.717, 1.165) is 25.9 Å². The third-order valence-corrected chi connectivity index (χ3v) is 1.68. The van der Waals surface area contributed by atoms with Crippen molar-refractivity contribution in [2.75, 3.05) is 13.1 Å². The molecule has 1 N–H and O–H groups in total. The molecular weight excluding hydrogens is 170 g/mol. The fraction of sp³-hybridized carbons (Fsp3) is 0.600. The Morgan fingerprint density at radius 1 is 1.25 bits per heavy atom. The smallest absolute Gasteiger partial charge is 0.00147 e. The molecule has 0 aromatic carbocycles. The molecule has 0 bridgehead atoms. The lowest BCUT2D eigenvalue weighted by atomic mass is 10.0. The number of hydrogen-bond acceptors (Lipinski definition) is 1. The summed E-state index contributed by atoms with van der Waals surface area (Å²) in [6, 6.07) is 0. The Labute approximate surface area is 82.3 Å². The third kappa shape index (κ3) is 7.83. The molecule has 0 unspecified atom stereocenters. The van der Waals surface area contributed by atoms with Crippen molar-refractivity contribution in [2.24, 2.45) is 5.92 Å². The van der Waals surface area contributed by atoms with Gasteiger partial charge in [-0.1, -0.05) is 19.1 Å². The van der Waals surface area contributed by atoms with Crippen LogP contribution in [0.2, 0.25) is 0 Å². The molecule has 1 nitrogen and oxygen atoms in total. The molecule has 0 spiro atoms. The van der Waals surface area contributed by atoms with Crippen LogP contribution in [0.25, 0.3) is 0 Å². The summed E-state index contributed by atoms with van der Waals surface area (Å²) in [5, 5.41) is 3.32. The zero-order chi connectivity index (χ0) is 8.53. The SMILES string of the molecule is C=CCC(CC=C)CNCC.Cl. The molecule has 0 saturated heterocycles. The first-order valence-corrected chi connectivity index (χ1v) is 4.27. The van der Waals surface area contributed by atoms with Crippen LogP contribution in [-0.4, -0.2) is 13.1 Å². The van der Waals surface area contributed by atoms with E-state index in [0.29, 0.717) is 5.92 Å². The van der Waals surface area contributed by atoms with Crippen LogP contribution in [0.3, 0.4) is 0 Å². The summed E-state index contributed by atoms with van der Waals surface area (Å²) in [6.45, 7) is 11.7. The molecule has 0 aliphatic heterocycles. The van der Waals surface area contributed by atoms with Crippen LogP contribution in [0, 0.1) is 5.92 Å². The van der Waals surface area contributed by atoms with Gasteiger partial charge < -0.3 is 5.32 Å². The summed E-state index contributed by atoms with van der Waals surface area (Å²) >= 11 is 0. The lowest BCUT2D eigenvalue weighted by molar-refractivity contribution is 0.494. The minimum atomic E-state index is 0. The van der Waals surface area contributed by atoms with Crippen molar-refractivity contribution >= 4 is 12.4 Å². The van der Waals surface area contributed by atoms with E-state index < -0.39 is 0 Å². The first-order valence-electron chi connectivity index (χ1n) is 4.27. The lowest BCUT2D eigenvalue weighted by Crippen LogP contribution is -2.21. The van der Waals surface area contributed by atoms with E-state index in [4.69, 9.17) is 0 Å². The molecular formula is C10H20ClN. The standard InChI is InChI=1S/C10H19N.ClH/c1-4-7-10(8-5-2)9-11-6-3;/h4-5,10-11H,1-2,6-9H2,3H3;1H. The summed E-state index contributed by atoms with van der Waals surface area (Å²) in [5.41, 5.74) is 0. The molecule has 0 aromatic heterocycles. The van der Waals surface area contributed by atoms with E-state index >= 15 is 0 Å². The Bertz CT molecular complexity index is 102. The largest absolute Gasteiger partial charge is 0.317 e. The second-order valence-electron chi connectivity index (χ2n) is 2.72. The number of nitrogens with one attached hydrogen (secondary N) is 1. The topological polar surface area (TPSA) is 12.0 Å². The second kappa shape index (κ2) is 10.7. The fourth-order valence-corrected chi connectivity index (χ4v) is 1.08. The number of halogens is 1. The van der Waals surface area contributed by atoms with Gasteiger partial charge in [0.1, 0.15) is 0 Å². The summed E-state index contributed by atoms with van der Waals surface area (Å²) in [7, 11) is 0. The van der Waals surface area contributed by atoms with Crippen molar-refractivity contribution in [3.05, 3.63) is 25.3 Å². The number of hydrogen-bond donors (Lipinski definition) is 1. The maximum Gasteiger partial charge on any atom is -0.00147 e. The first-order chi connectivity index (χ1) is 5.35. The van der Waals surface area contributed by atoms with Gasteiger partial charge in [-0.2, -0.15) is 0 Å². The van der Waals surface area contributed by atoms with Crippen molar-refractivity contribution < 1.29 is 0 Å². The van der Waals surface area contributed by atoms with Gasteiger partial charge >= 0.3 is 0 Å². The Kier molecular flexibility index (Phi) is 12.8. The quantitative estimate of drug-likeness (QED) is 0.608. The molecule has 0 heterocycles. The van der Waals surface area contributed by atoms with Crippen molar-refractivity contribution in [3.8, 4) is 0 Å². The molecule has 0 saturated carbocycles. The normalized spacial score (nSPS) is 9.17. The molecule has 72 valence electrons. The van der Waals surface area contributed by atoms with Crippen molar-refractivity contribution in [1.29, 1.82) is 0 Å². The third-order valence-electron chi connectivity index (χ3n) is 1.68.